The number of nitrogens with one attached hydrogen (secondary N) is 1. The molecule has 1 aliphatic heterocycles. The van der Waals surface area contributed by atoms with Crippen LogP contribution in [0.25, 0.3) is 0 Å². The Kier molecular flexibility index (Phi) is 2.16. The largest absolute Gasteiger partial charge is 0.377 e. The molecule has 1 heterocycles. The second kappa shape index (κ2) is 2.96. The van der Waals surface area contributed by atoms with E-state index in [2.05, 4.69) is 19.2 Å². The van der Waals surface area contributed by atoms with Gasteiger partial charge < -0.3 is 10.1 Å². The van der Waals surface area contributed by atoms with Crippen LogP contribution in [-0.4, -0.2) is 25.3 Å². The van der Waals surface area contributed by atoms with E-state index in [1.807, 2.05) is 7.11 Å². The summed E-state index contributed by atoms with van der Waals surface area (Å²) in [6.07, 6.45) is 5.63. The van der Waals surface area contributed by atoms with Crippen molar-refractivity contribution < 1.29 is 4.74 Å². The normalized spacial score (nSPS) is 32.1. The van der Waals surface area contributed by atoms with E-state index >= 15 is 0 Å². The van der Waals surface area contributed by atoms with E-state index in [4.69, 9.17) is 4.74 Å². The fraction of sp³-hybridized carbons (Fsp3) is 1.00. The fourth-order valence-electron chi connectivity index (χ4n) is 3.14. The molecule has 1 N–H and O–H groups in total. The van der Waals surface area contributed by atoms with Crippen LogP contribution in [0.4, 0.5) is 0 Å². The first-order valence-corrected chi connectivity index (χ1v) is 5.39. The molecule has 0 aromatic carbocycles. The average Bonchev–Trinajstić information content (AvgIpc) is 2.51. The molecule has 1 unspecified atom stereocenters. The maximum atomic E-state index is 5.57. The molecule has 76 valence electrons. The predicted molar refractivity (Wildman–Crippen MR) is 53.8 cm³/mol. The van der Waals surface area contributed by atoms with Gasteiger partial charge in [0, 0.05) is 25.1 Å². The Labute approximate surface area is 81.0 Å². The number of hydrogen-bond acceptors (Lipinski definition) is 2. The second-order valence-corrected chi connectivity index (χ2v) is 5.19. The van der Waals surface area contributed by atoms with E-state index in [9.17, 15) is 0 Å². The van der Waals surface area contributed by atoms with Gasteiger partial charge in [-0.1, -0.05) is 12.8 Å². The number of rotatable bonds is 2. The van der Waals surface area contributed by atoms with Crippen LogP contribution in [0.1, 0.15) is 39.5 Å². The molecule has 1 saturated carbocycles. The monoisotopic (exact) mass is 183 g/mol. The first-order valence-electron chi connectivity index (χ1n) is 5.39. The molecule has 1 spiro atoms. The minimum atomic E-state index is 0.00257. The highest BCUT2D eigenvalue weighted by molar-refractivity contribution is 5.10. The molecule has 13 heavy (non-hydrogen) atoms. The van der Waals surface area contributed by atoms with Crippen molar-refractivity contribution >= 4 is 0 Å². The van der Waals surface area contributed by atoms with Crippen LogP contribution in [0.3, 0.4) is 0 Å². The summed E-state index contributed by atoms with van der Waals surface area (Å²) in [4.78, 5) is 0. The summed E-state index contributed by atoms with van der Waals surface area (Å²) in [7, 11) is 1.82. The van der Waals surface area contributed by atoms with Crippen molar-refractivity contribution in [1.82, 2.24) is 5.32 Å². The highest BCUT2D eigenvalue weighted by Crippen LogP contribution is 2.49. The summed E-state index contributed by atoms with van der Waals surface area (Å²) >= 11 is 0. The van der Waals surface area contributed by atoms with Crippen molar-refractivity contribution in [3.05, 3.63) is 0 Å². The number of methoxy groups -OCH3 is 1. The first kappa shape index (κ1) is 9.47. The molecule has 2 fully saturated rings. The van der Waals surface area contributed by atoms with E-state index in [-0.39, 0.29) is 5.60 Å². The van der Waals surface area contributed by atoms with Crippen molar-refractivity contribution in [2.24, 2.45) is 5.41 Å². The van der Waals surface area contributed by atoms with Crippen LogP contribution in [-0.2, 0) is 4.74 Å². The molecular weight excluding hydrogens is 162 g/mol. The van der Waals surface area contributed by atoms with E-state index in [0.717, 1.165) is 0 Å². The SMILES string of the molecule is COC(C)(C)C1NCC12CCCC2. The second-order valence-electron chi connectivity index (χ2n) is 5.19. The topological polar surface area (TPSA) is 21.3 Å². The lowest BCUT2D eigenvalue weighted by Crippen LogP contribution is -2.69. The van der Waals surface area contributed by atoms with Gasteiger partial charge >= 0.3 is 0 Å². The molecule has 1 aliphatic carbocycles. The molecule has 2 aliphatic rings. The zero-order valence-corrected chi connectivity index (χ0v) is 9.02. The van der Waals surface area contributed by atoms with Gasteiger partial charge in [0.1, 0.15) is 0 Å². The maximum Gasteiger partial charge on any atom is 0.0780 e. The van der Waals surface area contributed by atoms with Crippen LogP contribution < -0.4 is 5.32 Å². The van der Waals surface area contributed by atoms with Gasteiger partial charge in [0.2, 0.25) is 0 Å². The van der Waals surface area contributed by atoms with Crippen LogP contribution >= 0.6 is 0 Å². The summed E-state index contributed by atoms with van der Waals surface area (Å²) < 4.78 is 5.57. The van der Waals surface area contributed by atoms with E-state index < -0.39 is 0 Å². The maximum absolute atomic E-state index is 5.57. The zero-order chi connectivity index (χ0) is 9.53. The Balaban J connectivity index is 2.09. The summed E-state index contributed by atoms with van der Waals surface area (Å²) in [5.74, 6) is 0. The minimum absolute atomic E-state index is 0.00257. The lowest BCUT2D eigenvalue weighted by Gasteiger charge is -2.55. The Morgan fingerprint density at radius 3 is 2.31 bits per heavy atom. The van der Waals surface area contributed by atoms with Crippen molar-refractivity contribution in [2.75, 3.05) is 13.7 Å². The first-order chi connectivity index (χ1) is 6.11. The Morgan fingerprint density at radius 1 is 1.31 bits per heavy atom. The Bertz CT molecular complexity index is 194. The van der Waals surface area contributed by atoms with Gasteiger partial charge in [0.25, 0.3) is 0 Å². The standard InChI is InChI=1S/C11H21NO/c1-10(2,13-3)9-11(8-12-9)6-4-5-7-11/h9,12H,4-8H2,1-3H3. The van der Waals surface area contributed by atoms with E-state index in [1.54, 1.807) is 0 Å². The van der Waals surface area contributed by atoms with Gasteiger partial charge in [-0.15, -0.1) is 0 Å². The quantitative estimate of drug-likeness (QED) is 0.706. The van der Waals surface area contributed by atoms with Crippen molar-refractivity contribution in [2.45, 2.75) is 51.2 Å². The molecule has 0 aromatic heterocycles. The molecule has 1 atom stereocenters. The van der Waals surface area contributed by atoms with Gasteiger partial charge in [0.15, 0.2) is 0 Å². The average molecular weight is 183 g/mol. The molecule has 0 amide bonds. The fourth-order valence-corrected chi connectivity index (χ4v) is 3.14. The molecule has 2 nitrogen and oxygen atoms in total. The lowest BCUT2D eigenvalue weighted by atomic mass is 9.66. The smallest absolute Gasteiger partial charge is 0.0780 e. The third-order valence-corrected chi connectivity index (χ3v) is 4.09. The summed E-state index contributed by atoms with van der Waals surface area (Å²) in [6.45, 7) is 5.61. The van der Waals surface area contributed by atoms with E-state index in [0.29, 0.717) is 11.5 Å². The lowest BCUT2D eigenvalue weighted by molar-refractivity contribution is -0.0924. The Hall–Kier alpha value is -0.0800. The Morgan fingerprint density at radius 2 is 1.92 bits per heavy atom. The summed E-state index contributed by atoms with van der Waals surface area (Å²) in [6, 6.07) is 0.576. The van der Waals surface area contributed by atoms with Gasteiger partial charge in [-0.05, 0) is 26.7 Å². The molecule has 2 rings (SSSR count). The molecule has 2 heteroatoms. The number of hydrogen-bond donors (Lipinski definition) is 1. The molecule has 0 radical (unpaired) electrons. The summed E-state index contributed by atoms with van der Waals surface area (Å²) in [5.41, 5.74) is 0.585. The predicted octanol–water partition coefficient (Wildman–Crippen LogP) is 1.94. The minimum Gasteiger partial charge on any atom is -0.377 e. The van der Waals surface area contributed by atoms with Crippen molar-refractivity contribution in [3.8, 4) is 0 Å². The van der Waals surface area contributed by atoms with Crippen LogP contribution in [0.2, 0.25) is 0 Å². The third kappa shape index (κ3) is 1.31. The van der Waals surface area contributed by atoms with Crippen LogP contribution in [0, 0.1) is 5.41 Å². The van der Waals surface area contributed by atoms with Gasteiger partial charge in [0.05, 0.1) is 5.60 Å². The van der Waals surface area contributed by atoms with Crippen molar-refractivity contribution in [1.29, 1.82) is 0 Å². The molecule has 1 saturated heterocycles. The summed E-state index contributed by atoms with van der Waals surface area (Å²) in [5, 5.41) is 3.54. The van der Waals surface area contributed by atoms with Crippen molar-refractivity contribution in [3.63, 3.8) is 0 Å². The van der Waals surface area contributed by atoms with E-state index in [1.165, 1.54) is 32.2 Å². The van der Waals surface area contributed by atoms with Gasteiger partial charge in [-0.2, -0.15) is 0 Å². The molecule has 0 bridgehead atoms. The molecule has 0 aromatic rings. The highest BCUT2D eigenvalue weighted by atomic mass is 16.5. The van der Waals surface area contributed by atoms with Gasteiger partial charge in [-0.3, -0.25) is 0 Å². The third-order valence-electron chi connectivity index (χ3n) is 4.09. The van der Waals surface area contributed by atoms with Crippen LogP contribution in [0.5, 0.6) is 0 Å². The number of ether oxygens (including phenoxy) is 1. The van der Waals surface area contributed by atoms with Gasteiger partial charge in [-0.25, -0.2) is 0 Å². The zero-order valence-electron chi connectivity index (χ0n) is 9.02. The van der Waals surface area contributed by atoms with Crippen LogP contribution in [0.15, 0.2) is 0 Å². The molecular formula is C11H21NO. The highest BCUT2D eigenvalue weighted by Gasteiger charge is 2.54.